The van der Waals surface area contributed by atoms with E-state index in [0.717, 1.165) is 4.90 Å². The number of piperidine rings is 1. The fraction of sp³-hybridized carbons (Fsp3) is 0.529. The Morgan fingerprint density at radius 2 is 2.00 bits per heavy atom. The average molecular weight is 350 g/mol. The van der Waals surface area contributed by atoms with E-state index in [0.29, 0.717) is 32.5 Å². The molecule has 2 rings (SSSR count). The molecule has 1 aromatic rings. The minimum absolute atomic E-state index is 0.103. The number of amides is 1. The number of para-hydroxylation sites is 2. The van der Waals surface area contributed by atoms with Crippen LogP contribution in [-0.2, 0) is 14.3 Å². The zero-order valence-electron chi connectivity index (χ0n) is 14.5. The van der Waals surface area contributed by atoms with Gasteiger partial charge in [-0.25, -0.2) is 0 Å². The number of anilines is 1. The minimum Gasteiger partial charge on any atom is -0.466 e. The summed E-state index contributed by atoms with van der Waals surface area (Å²) in [6.45, 7) is 5.34. The molecule has 1 aliphatic rings. The Balaban J connectivity index is 1.93. The van der Waals surface area contributed by atoms with Crippen LogP contribution in [0.4, 0.5) is 11.4 Å². The molecular formula is C17H24N3O5+. The zero-order valence-corrected chi connectivity index (χ0v) is 14.5. The highest BCUT2D eigenvalue weighted by Crippen LogP contribution is 2.23. The number of benzene rings is 1. The molecule has 0 aliphatic carbocycles. The van der Waals surface area contributed by atoms with Crippen molar-refractivity contribution in [1.82, 2.24) is 0 Å². The third-order valence-corrected chi connectivity index (χ3v) is 4.61. The van der Waals surface area contributed by atoms with Crippen LogP contribution in [0.15, 0.2) is 24.3 Å². The average Bonchev–Trinajstić information content (AvgIpc) is 2.61. The maximum Gasteiger partial charge on any atom is 0.309 e. The predicted octanol–water partition coefficient (Wildman–Crippen LogP) is 0.780. The summed E-state index contributed by atoms with van der Waals surface area (Å²) in [7, 11) is 0. The topological polar surface area (TPSA) is 103 Å². The number of hydrogen-bond donors (Lipinski definition) is 2. The van der Waals surface area contributed by atoms with Crippen LogP contribution in [0.5, 0.6) is 0 Å². The number of ether oxygens (including phenoxy) is 1. The van der Waals surface area contributed by atoms with Gasteiger partial charge in [-0.1, -0.05) is 12.1 Å². The van der Waals surface area contributed by atoms with Crippen LogP contribution in [0.25, 0.3) is 0 Å². The van der Waals surface area contributed by atoms with Crippen molar-refractivity contribution in [3.8, 4) is 0 Å². The summed E-state index contributed by atoms with van der Waals surface area (Å²) in [5.74, 6) is -0.536. The number of nitro benzene ring substituents is 1. The lowest BCUT2D eigenvalue weighted by Crippen LogP contribution is -3.17. The number of esters is 1. The molecule has 1 atom stereocenters. The summed E-state index contributed by atoms with van der Waals surface area (Å²) < 4.78 is 5.05. The third kappa shape index (κ3) is 4.76. The highest BCUT2D eigenvalue weighted by Gasteiger charge is 2.34. The molecule has 0 bridgehead atoms. The van der Waals surface area contributed by atoms with E-state index in [2.05, 4.69) is 5.32 Å². The standard InChI is InChI=1S/C17H23N3O5/c1-3-25-17(22)13-8-10-19(11-9-13)12(2)16(21)18-14-6-4-5-7-15(14)20(23)24/h4-7,12-13H,3,8-11H2,1-2H3,(H,18,21)/p+1/t12-/m0/s1. The number of likely N-dealkylation sites (tertiary alicyclic amines) is 1. The van der Waals surface area contributed by atoms with Crippen LogP contribution in [0.1, 0.15) is 26.7 Å². The van der Waals surface area contributed by atoms with E-state index in [1.165, 1.54) is 12.1 Å². The first-order chi connectivity index (χ1) is 11.9. The summed E-state index contributed by atoms with van der Waals surface area (Å²) >= 11 is 0. The number of nitrogens with zero attached hydrogens (tertiary/aromatic N) is 1. The van der Waals surface area contributed by atoms with Crippen molar-refractivity contribution in [2.24, 2.45) is 5.92 Å². The SMILES string of the molecule is CCOC(=O)C1CC[NH+]([C@@H](C)C(=O)Nc2ccccc2[N+](=O)[O-])CC1. The van der Waals surface area contributed by atoms with Crippen molar-refractivity contribution in [3.05, 3.63) is 34.4 Å². The highest BCUT2D eigenvalue weighted by atomic mass is 16.6. The number of carbonyl (C=O) groups excluding carboxylic acids is 2. The van der Waals surface area contributed by atoms with Crippen LogP contribution in [-0.4, -0.2) is 42.5 Å². The Hall–Kier alpha value is -2.48. The van der Waals surface area contributed by atoms with Gasteiger partial charge in [0.25, 0.3) is 11.6 Å². The van der Waals surface area contributed by atoms with Gasteiger partial charge in [-0.05, 0) is 19.9 Å². The van der Waals surface area contributed by atoms with Gasteiger partial charge < -0.3 is 15.0 Å². The van der Waals surface area contributed by atoms with E-state index in [1.807, 2.05) is 0 Å². The second kappa shape index (κ2) is 8.57. The largest absolute Gasteiger partial charge is 0.466 e. The highest BCUT2D eigenvalue weighted by molar-refractivity contribution is 5.95. The summed E-state index contributed by atoms with van der Waals surface area (Å²) in [5, 5.41) is 13.7. The first-order valence-corrected chi connectivity index (χ1v) is 8.49. The molecule has 1 heterocycles. The molecule has 25 heavy (non-hydrogen) atoms. The normalized spacial score (nSPS) is 21.2. The van der Waals surface area contributed by atoms with Crippen molar-refractivity contribution in [3.63, 3.8) is 0 Å². The van der Waals surface area contributed by atoms with E-state index in [9.17, 15) is 19.7 Å². The van der Waals surface area contributed by atoms with E-state index in [4.69, 9.17) is 4.74 Å². The molecule has 0 saturated carbocycles. The number of carbonyl (C=O) groups is 2. The monoisotopic (exact) mass is 350 g/mol. The van der Waals surface area contributed by atoms with Gasteiger partial charge in [0.05, 0.1) is 30.5 Å². The summed E-state index contributed by atoms with van der Waals surface area (Å²) in [5.41, 5.74) is 0.0734. The Bertz CT molecular complexity index is 641. The summed E-state index contributed by atoms with van der Waals surface area (Å²) in [6, 6.07) is 5.72. The number of nitrogens with one attached hydrogen (secondary N) is 2. The van der Waals surface area contributed by atoms with Crippen molar-refractivity contribution in [1.29, 1.82) is 0 Å². The molecule has 1 fully saturated rings. The van der Waals surface area contributed by atoms with Gasteiger partial charge in [0, 0.05) is 18.9 Å². The van der Waals surface area contributed by atoms with Gasteiger partial charge in [-0.2, -0.15) is 0 Å². The van der Waals surface area contributed by atoms with Crippen molar-refractivity contribution >= 4 is 23.3 Å². The molecule has 0 unspecified atom stereocenters. The Kier molecular flexibility index (Phi) is 6.46. The van der Waals surface area contributed by atoms with Gasteiger partial charge in [0.2, 0.25) is 0 Å². The van der Waals surface area contributed by atoms with Crippen LogP contribution in [0.2, 0.25) is 0 Å². The van der Waals surface area contributed by atoms with Crippen molar-refractivity contribution in [2.75, 3.05) is 25.0 Å². The molecule has 0 radical (unpaired) electrons. The van der Waals surface area contributed by atoms with E-state index >= 15 is 0 Å². The molecule has 2 N–H and O–H groups in total. The lowest BCUT2D eigenvalue weighted by Gasteiger charge is -2.31. The second-order valence-corrected chi connectivity index (χ2v) is 6.17. The Labute approximate surface area is 146 Å². The van der Waals surface area contributed by atoms with Crippen LogP contribution in [0.3, 0.4) is 0 Å². The predicted molar refractivity (Wildman–Crippen MR) is 91.2 cm³/mol. The number of rotatable bonds is 6. The molecule has 1 amide bonds. The first-order valence-electron chi connectivity index (χ1n) is 8.49. The van der Waals surface area contributed by atoms with Gasteiger partial charge >= 0.3 is 5.97 Å². The molecule has 1 saturated heterocycles. The number of quaternary nitrogens is 1. The molecular weight excluding hydrogens is 326 g/mol. The maximum absolute atomic E-state index is 12.5. The molecule has 1 aromatic carbocycles. The molecule has 8 heteroatoms. The molecule has 8 nitrogen and oxygen atoms in total. The quantitative estimate of drug-likeness (QED) is 0.448. The molecule has 0 spiro atoms. The first kappa shape index (κ1) is 18.9. The van der Waals surface area contributed by atoms with Gasteiger partial charge in [-0.3, -0.25) is 19.7 Å². The van der Waals surface area contributed by atoms with Crippen molar-refractivity contribution in [2.45, 2.75) is 32.7 Å². The lowest BCUT2D eigenvalue weighted by atomic mass is 9.96. The third-order valence-electron chi connectivity index (χ3n) is 4.61. The van der Waals surface area contributed by atoms with E-state index < -0.39 is 4.92 Å². The fourth-order valence-corrected chi connectivity index (χ4v) is 3.08. The van der Waals surface area contributed by atoms with Crippen LogP contribution >= 0.6 is 0 Å². The summed E-state index contributed by atoms with van der Waals surface area (Å²) in [6.07, 6.45) is 1.36. The van der Waals surface area contributed by atoms with Crippen molar-refractivity contribution < 1.29 is 24.1 Å². The zero-order chi connectivity index (χ0) is 18.4. The van der Waals surface area contributed by atoms with Gasteiger partial charge in [-0.15, -0.1) is 0 Å². The van der Waals surface area contributed by atoms with E-state index in [1.54, 1.807) is 26.0 Å². The molecule has 1 aliphatic heterocycles. The van der Waals surface area contributed by atoms with Crippen LogP contribution < -0.4 is 10.2 Å². The Morgan fingerprint density at radius 3 is 2.60 bits per heavy atom. The maximum atomic E-state index is 12.5. The smallest absolute Gasteiger partial charge is 0.309 e. The lowest BCUT2D eigenvalue weighted by molar-refractivity contribution is -0.919. The molecule has 0 aromatic heterocycles. The minimum atomic E-state index is -0.516. The fourth-order valence-electron chi connectivity index (χ4n) is 3.08. The van der Waals surface area contributed by atoms with Gasteiger partial charge in [0.1, 0.15) is 5.69 Å². The number of hydrogen-bond acceptors (Lipinski definition) is 5. The summed E-state index contributed by atoms with van der Waals surface area (Å²) in [4.78, 5) is 35.8. The van der Waals surface area contributed by atoms with Crippen LogP contribution in [0, 0.1) is 16.0 Å². The number of nitro groups is 1. The van der Waals surface area contributed by atoms with E-state index in [-0.39, 0.29) is 35.2 Å². The van der Waals surface area contributed by atoms with Gasteiger partial charge in [0.15, 0.2) is 6.04 Å². The second-order valence-electron chi connectivity index (χ2n) is 6.17. The Morgan fingerprint density at radius 1 is 1.36 bits per heavy atom. The molecule has 136 valence electrons.